The number of nitrogens with zero attached hydrogens (tertiary/aromatic N) is 1. The highest BCUT2D eigenvalue weighted by Crippen LogP contribution is 2.20. The van der Waals surface area contributed by atoms with Crippen molar-refractivity contribution in [3.05, 3.63) is 54.1 Å². The zero-order chi connectivity index (χ0) is 17.0. The van der Waals surface area contributed by atoms with E-state index in [4.69, 9.17) is 0 Å². The van der Waals surface area contributed by atoms with Gasteiger partial charge in [-0.05, 0) is 54.3 Å². The molecule has 2 aromatic rings. The third-order valence-corrected chi connectivity index (χ3v) is 4.91. The molecule has 0 aliphatic rings. The van der Waals surface area contributed by atoms with Gasteiger partial charge in [0.25, 0.3) is 10.0 Å². The molecule has 23 heavy (non-hydrogen) atoms. The highest BCUT2D eigenvalue weighted by Gasteiger charge is 2.14. The molecule has 0 saturated heterocycles. The fourth-order valence-corrected chi connectivity index (χ4v) is 3.38. The maximum absolute atomic E-state index is 12.4. The zero-order valence-corrected chi connectivity index (χ0v) is 14.9. The summed E-state index contributed by atoms with van der Waals surface area (Å²) in [6, 6.07) is 14.4. The predicted octanol–water partition coefficient (Wildman–Crippen LogP) is 3.75. The van der Waals surface area contributed by atoms with Gasteiger partial charge in [0.15, 0.2) is 0 Å². The van der Waals surface area contributed by atoms with Crippen LogP contribution in [0.1, 0.15) is 19.4 Å². The fraction of sp³-hybridized carbons (Fsp3) is 0.333. The van der Waals surface area contributed by atoms with E-state index in [-0.39, 0.29) is 4.90 Å². The fourth-order valence-electron chi connectivity index (χ4n) is 2.32. The summed E-state index contributed by atoms with van der Waals surface area (Å²) >= 11 is 0. The van der Waals surface area contributed by atoms with Crippen LogP contribution in [-0.2, 0) is 16.4 Å². The first-order valence-electron chi connectivity index (χ1n) is 7.67. The van der Waals surface area contributed by atoms with Crippen LogP contribution in [0.5, 0.6) is 0 Å². The van der Waals surface area contributed by atoms with Gasteiger partial charge in [0, 0.05) is 25.5 Å². The van der Waals surface area contributed by atoms with Gasteiger partial charge >= 0.3 is 0 Å². The molecule has 0 aliphatic carbocycles. The van der Waals surface area contributed by atoms with Crippen molar-refractivity contribution in [1.82, 2.24) is 0 Å². The lowest BCUT2D eigenvalue weighted by atomic mass is 10.0. The molecule has 0 atom stereocenters. The number of hydrogen-bond acceptors (Lipinski definition) is 3. The van der Waals surface area contributed by atoms with Crippen molar-refractivity contribution < 1.29 is 8.42 Å². The summed E-state index contributed by atoms with van der Waals surface area (Å²) < 4.78 is 27.5. The molecule has 5 heteroatoms. The summed E-state index contributed by atoms with van der Waals surface area (Å²) in [6.45, 7) is 4.28. The van der Waals surface area contributed by atoms with Crippen LogP contribution in [0, 0.1) is 5.92 Å². The maximum Gasteiger partial charge on any atom is 0.261 e. The SMILES string of the molecule is CC(C)Cc1ccc(S(=O)(=O)Nc2ccc(N(C)C)cc2)cc1. The Labute approximate surface area is 139 Å². The number of hydrogen-bond donors (Lipinski definition) is 1. The third-order valence-electron chi connectivity index (χ3n) is 3.51. The predicted molar refractivity (Wildman–Crippen MR) is 96.6 cm³/mol. The van der Waals surface area contributed by atoms with E-state index in [2.05, 4.69) is 18.6 Å². The molecule has 2 rings (SSSR count). The molecule has 0 saturated carbocycles. The van der Waals surface area contributed by atoms with Crippen molar-refractivity contribution >= 4 is 21.4 Å². The summed E-state index contributed by atoms with van der Waals surface area (Å²) in [6.07, 6.45) is 0.944. The van der Waals surface area contributed by atoms with E-state index in [1.165, 1.54) is 0 Å². The van der Waals surface area contributed by atoms with Gasteiger partial charge in [0.1, 0.15) is 0 Å². The maximum atomic E-state index is 12.4. The topological polar surface area (TPSA) is 49.4 Å². The quantitative estimate of drug-likeness (QED) is 0.876. The second-order valence-electron chi connectivity index (χ2n) is 6.29. The van der Waals surface area contributed by atoms with Crippen molar-refractivity contribution in [1.29, 1.82) is 0 Å². The van der Waals surface area contributed by atoms with Gasteiger partial charge < -0.3 is 4.90 Å². The third kappa shape index (κ3) is 4.73. The van der Waals surface area contributed by atoms with Crippen LogP contribution in [-0.4, -0.2) is 22.5 Å². The van der Waals surface area contributed by atoms with E-state index >= 15 is 0 Å². The molecule has 2 aromatic carbocycles. The molecule has 0 unspecified atom stereocenters. The van der Waals surface area contributed by atoms with Crippen LogP contribution in [0.3, 0.4) is 0 Å². The van der Waals surface area contributed by atoms with Crippen LogP contribution in [0.25, 0.3) is 0 Å². The molecular weight excluding hydrogens is 308 g/mol. The van der Waals surface area contributed by atoms with Gasteiger partial charge in [-0.15, -0.1) is 0 Å². The molecule has 0 fully saturated rings. The number of anilines is 2. The van der Waals surface area contributed by atoms with E-state index in [1.54, 1.807) is 24.3 Å². The van der Waals surface area contributed by atoms with Crippen molar-refractivity contribution in [2.45, 2.75) is 25.2 Å². The molecular formula is C18H24N2O2S. The van der Waals surface area contributed by atoms with E-state index in [0.29, 0.717) is 11.6 Å². The van der Waals surface area contributed by atoms with Crippen LogP contribution < -0.4 is 9.62 Å². The minimum Gasteiger partial charge on any atom is -0.378 e. The van der Waals surface area contributed by atoms with Gasteiger partial charge in [0.05, 0.1) is 4.90 Å². The molecule has 0 amide bonds. The first-order valence-corrected chi connectivity index (χ1v) is 9.15. The number of rotatable bonds is 6. The number of nitrogens with one attached hydrogen (secondary N) is 1. The summed E-state index contributed by atoms with van der Waals surface area (Å²) in [5.74, 6) is 0.547. The zero-order valence-electron chi connectivity index (χ0n) is 14.1. The summed E-state index contributed by atoms with van der Waals surface area (Å²) in [5, 5.41) is 0. The minimum absolute atomic E-state index is 0.279. The van der Waals surface area contributed by atoms with E-state index in [0.717, 1.165) is 17.7 Å². The Morgan fingerprint density at radius 3 is 2.00 bits per heavy atom. The standard InChI is InChI=1S/C18H24N2O2S/c1-14(2)13-15-5-11-18(12-6-15)23(21,22)19-16-7-9-17(10-8-16)20(3)4/h5-12,14,19H,13H2,1-4H3. The lowest BCUT2D eigenvalue weighted by molar-refractivity contribution is 0.601. The van der Waals surface area contributed by atoms with Crippen molar-refractivity contribution in [3.8, 4) is 0 Å². The Balaban J connectivity index is 2.14. The van der Waals surface area contributed by atoms with Crippen molar-refractivity contribution in [2.24, 2.45) is 5.92 Å². The second-order valence-corrected chi connectivity index (χ2v) is 7.97. The van der Waals surface area contributed by atoms with E-state index in [1.807, 2.05) is 43.3 Å². The summed E-state index contributed by atoms with van der Waals surface area (Å²) in [4.78, 5) is 2.24. The monoisotopic (exact) mass is 332 g/mol. The Kier molecular flexibility index (Phi) is 5.31. The Bertz CT molecular complexity index is 734. The molecule has 0 aliphatic heterocycles. The molecule has 0 radical (unpaired) electrons. The molecule has 0 bridgehead atoms. The van der Waals surface area contributed by atoms with Crippen LogP contribution in [0.2, 0.25) is 0 Å². The minimum atomic E-state index is -3.56. The molecule has 124 valence electrons. The van der Waals surface area contributed by atoms with E-state index < -0.39 is 10.0 Å². The first-order chi connectivity index (χ1) is 10.8. The molecule has 0 spiro atoms. The first kappa shape index (κ1) is 17.3. The smallest absolute Gasteiger partial charge is 0.261 e. The Hall–Kier alpha value is -2.01. The normalized spacial score (nSPS) is 11.5. The Morgan fingerprint density at radius 2 is 1.52 bits per heavy atom. The van der Waals surface area contributed by atoms with Crippen LogP contribution in [0.15, 0.2) is 53.4 Å². The van der Waals surface area contributed by atoms with Gasteiger partial charge in [-0.2, -0.15) is 0 Å². The lowest BCUT2D eigenvalue weighted by Crippen LogP contribution is -2.13. The Morgan fingerprint density at radius 1 is 0.957 bits per heavy atom. The molecule has 4 nitrogen and oxygen atoms in total. The average molecular weight is 332 g/mol. The highest BCUT2D eigenvalue weighted by molar-refractivity contribution is 7.92. The van der Waals surface area contributed by atoms with Crippen LogP contribution >= 0.6 is 0 Å². The van der Waals surface area contributed by atoms with Gasteiger partial charge in [-0.3, -0.25) is 4.72 Å². The lowest BCUT2D eigenvalue weighted by Gasteiger charge is -2.14. The molecule has 0 heterocycles. The van der Waals surface area contributed by atoms with Crippen LogP contribution in [0.4, 0.5) is 11.4 Å². The highest BCUT2D eigenvalue weighted by atomic mass is 32.2. The van der Waals surface area contributed by atoms with Gasteiger partial charge in [-0.1, -0.05) is 26.0 Å². The average Bonchev–Trinajstić information content (AvgIpc) is 2.47. The van der Waals surface area contributed by atoms with Gasteiger partial charge in [0.2, 0.25) is 0 Å². The molecule has 0 aromatic heterocycles. The largest absolute Gasteiger partial charge is 0.378 e. The number of sulfonamides is 1. The van der Waals surface area contributed by atoms with Crippen molar-refractivity contribution in [3.63, 3.8) is 0 Å². The van der Waals surface area contributed by atoms with E-state index in [9.17, 15) is 8.42 Å². The van der Waals surface area contributed by atoms with Gasteiger partial charge in [-0.25, -0.2) is 8.42 Å². The van der Waals surface area contributed by atoms with Crippen molar-refractivity contribution in [2.75, 3.05) is 23.7 Å². The summed E-state index contributed by atoms with van der Waals surface area (Å²) in [7, 11) is 0.329. The molecule has 1 N–H and O–H groups in total. The number of benzene rings is 2. The summed E-state index contributed by atoms with van der Waals surface area (Å²) in [5.41, 5.74) is 2.72. The second kappa shape index (κ2) is 7.04.